The van der Waals surface area contributed by atoms with Gasteiger partial charge in [0.1, 0.15) is 0 Å². The minimum Gasteiger partial charge on any atom is -0.348 e. The molecule has 26 heavy (non-hydrogen) atoms. The Labute approximate surface area is 154 Å². The monoisotopic (exact) mass is 378 g/mol. The summed E-state index contributed by atoms with van der Waals surface area (Å²) in [5.41, 5.74) is 1.64. The van der Waals surface area contributed by atoms with Crippen LogP contribution in [0.4, 0.5) is 0 Å². The Morgan fingerprint density at radius 1 is 1.23 bits per heavy atom. The molecule has 2 spiro atoms. The molecule has 1 saturated heterocycles. The number of rotatable bonds is 2. The molecule has 1 atom stereocenters. The molecule has 1 N–H and O–H groups in total. The van der Waals surface area contributed by atoms with E-state index in [0.29, 0.717) is 50.2 Å². The summed E-state index contributed by atoms with van der Waals surface area (Å²) in [6.07, 6.45) is 9.61. The molecule has 2 aliphatic heterocycles. The average Bonchev–Trinajstić information content (AvgIpc) is 3.16. The minimum atomic E-state index is -3.33. The molecule has 2 aliphatic carbocycles. The van der Waals surface area contributed by atoms with Crippen molar-refractivity contribution in [1.29, 1.82) is 0 Å². The Balaban J connectivity index is 1.39. The zero-order valence-electron chi connectivity index (χ0n) is 15.2. The molecule has 0 bridgehead atoms. The van der Waals surface area contributed by atoms with E-state index in [-0.39, 0.29) is 5.92 Å². The van der Waals surface area contributed by atoms with Crippen molar-refractivity contribution in [2.45, 2.75) is 50.5 Å². The normalized spacial score (nSPS) is 29.4. The van der Waals surface area contributed by atoms with Crippen molar-refractivity contribution >= 4 is 15.9 Å². The second kappa shape index (κ2) is 5.32. The zero-order valence-corrected chi connectivity index (χ0v) is 16.0. The van der Waals surface area contributed by atoms with E-state index in [1.54, 1.807) is 10.6 Å². The van der Waals surface area contributed by atoms with Gasteiger partial charge in [-0.2, -0.15) is 4.31 Å². The van der Waals surface area contributed by atoms with Gasteiger partial charge >= 0.3 is 0 Å². The topological polar surface area (TPSA) is 86.4 Å². The number of sulfonamides is 1. The van der Waals surface area contributed by atoms with Gasteiger partial charge in [-0.15, -0.1) is 0 Å². The predicted molar refractivity (Wildman–Crippen MR) is 95.7 cm³/mol. The highest BCUT2D eigenvalue weighted by Gasteiger charge is 2.62. The molecule has 0 unspecified atom stereocenters. The molecule has 142 valence electrons. The standard InChI is InChI=1S/C18H26N4O3S/c1-26(24,25)22-8-3-14-15(20-12-19-14)18(22)6-9-21(10-7-18)16(23)13-11-17(13)4-2-5-17/h12-13H,2-11H2,1H3,(H,19,20)/t13-/m1/s1. The predicted octanol–water partition coefficient (Wildman–Crippen LogP) is 1.24. The number of fused-ring (bicyclic) bond motifs is 2. The summed E-state index contributed by atoms with van der Waals surface area (Å²) >= 11 is 0. The second-order valence-corrected chi connectivity index (χ2v) is 10.6. The number of piperidine rings is 1. The molecule has 1 aromatic heterocycles. The number of hydrogen-bond acceptors (Lipinski definition) is 4. The zero-order chi connectivity index (χ0) is 18.2. The van der Waals surface area contributed by atoms with Gasteiger partial charge < -0.3 is 9.88 Å². The smallest absolute Gasteiger partial charge is 0.226 e. The van der Waals surface area contributed by atoms with Crippen LogP contribution in [-0.2, 0) is 26.8 Å². The molecule has 5 rings (SSSR count). The first kappa shape index (κ1) is 16.7. The minimum absolute atomic E-state index is 0.226. The van der Waals surface area contributed by atoms with Crippen LogP contribution in [-0.4, -0.2) is 59.4 Å². The van der Waals surface area contributed by atoms with E-state index < -0.39 is 15.6 Å². The first-order valence-corrected chi connectivity index (χ1v) is 11.5. The van der Waals surface area contributed by atoms with Crippen LogP contribution < -0.4 is 0 Å². The van der Waals surface area contributed by atoms with Crippen molar-refractivity contribution in [1.82, 2.24) is 19.2 Å². The van der Waals surface area contributed by atoms with Crippen molar-refractivity contribution in [3.05, 3.63) is 17.7 Å². The number of nitrogens with one attached hydrogen (secondary N) is 1. The highest BCUT2D eigenvalue weighted by molar-refractivity contribution is 7.88. The summed E-state index contributed by atoms with van der Waals surface area (Å²) in [4.78, 5) is 22.5. The summed E-state index contributed by atoms with van der Waals surface area (Å²) < 4.78 is 26.6. The van der Waals surface area contributed by atoms with Gasteiger partial charge in [-0.05, 0) is 37.5 Å². The van der Waals surface area contributed by atoms with Crippen LogP contribution in [0.25, 0.3) is 0 Å². The van der Waals surface area contributed by atoms with Crippen molar-refractivity contribution in [3.63, 3.8) is 0 Å². The number of likely N-dealkylation sites (tertiary alicyclic amines) is 1. The number of H-pyrrole nitrogens is 1. The Kier molecular flexibility index (Phi) is 3.42. The quantitative estimate of drug-likeness (QED) is 0.839. The van der Waals surface area contributed by atoms with E-state index in [4.69, 9.17) is 0 Å². The number of aromatic nitrogens is 2. The summed E-state index contributed by atoms with van der Waals surface area (Å²) in [5, 5.41) is 0. The fraction of sp³-hybridized carbons (Fsp3) is 0.778. The lowest BCUT2D eigenvalue weighted by Crippen LogP contribution is -2.58. The van der Waals surface area contributed by atoms with E-state index >= 15 is 0 Å². The molecule has 1 aromatic rings. The Bertz CT molecular complexity index is 850. The second-order valence-electron chi connectivity index (χ2n) is 8.64. The highest BCUT2D eigenvalue weighted by atomic mass is 32.2. The summed E-state index contributed by atoms with van der Waals surface area (Å²) in [6.45, 7) is 1.71. The number of nitrogens with zero attached hydrogens (tertiary/aromatic N) is 3. The lowest BCUT2D eigenvalue weighted by atomic mass is 9.78. The number of aromatic amines is 1. The number of carbonyl (C=O) groups excluding carboxylic acids is 1. The van der Waals surface area contributed by atoms with Crippen LogP contribution in [0, 0.1) is 11.3 Å². The number of hydrogen-bond donors (Lipinski definition) is 1. The SMILES string of the molecule is CS(=O)(=O)N1CCc2[nH]cnc2C12CCN(C(=O)[C@H]1CC13CCC3)CC2. The fourth-order valence-electron chi connectivity index (χ4n) is 5.63. The third-order valence-corrected chi connectivity index (χ3v) is 8.67. The van der Waals surface area contributed by atoms with Gasteiger partial charge in [0.15, 0.2) is 0 Å². The van der Waals surface area contributed by atoms with E-state index in [2.05, 4.69) is 9.97 Å². The first-order valence-electron chi connectivity index (χ1n) is 9.65. The van der Waals surface area contributed by atoms with Gasteiger partial charge in [0.2, 0.25) is 15.9 Å². The third kappa shape index (κ3) is 2.24. The Hall–Kier alpha value is -1.41. The van der Waals surface area contributed by atoms with Gasteiger partial charge in [0, 0.05) is 37.7 Å². The van der Waals surface area contributed by atoms with Crippen LogP contribution in [0.3, 0.4) is 0 Å². The van der Waals surface area contributed by atoms with Gasteiger partial charge in [-0.1, -0.05) is 6.42 Å². The molecular weight excluding hydrogens is 352 g/mol. The third-order valence-electron chi connectivity index (χ3n) is 7.34. The maximum atomic E-state index is 12.9. The van der Waals surface area contributed by atoms with Gasteiger partial charge in [-0.3, -0.25) is 4.79 Å². The number of amides is 1. The van der Waals surface area contributed by atoms with E-state index in [1.807, 2.05) is 4.90 Å². The summed E-state index contributed by atoms with van der Waals surface area (Å²) in [7, 11) is -3.33. The lowest BCUT2D eigenvalue weighted by Gasteiger charge is -2.49. The summed E-state index contributed by atoms with van der Waals surface area (Å²) in [5.74, 6) is 0.520. The van der Waals surface area contributed by atoms with Crippen molar-refractivity contribution in [3.8, 4) is 0 Å². The molecule has 3 heterocycles. The number of carbonyl (C=O) groups is 1. The molecule has 7 nitrogen and oxygen atoms in total. The average molecular weight is 378 g/mol. The molecule has 0 aromatic carbocycles. The molecule has 3 fully saturated rings. The molecule has 0 radical (unpaired) electrons. The van der Waals surface area contributed by atoms with E-state index in [9.17, 15) is 13.2 Å². The molecule has 8 heteroatoms. The maximum Gasteiger partial charge on any atom is 0.226 e. The lowest BCUT2D eigenvalue weighted by molar-refractivity contribution is -0.136. The van der Waals surface area contributed by atoms with Gasteiger partial charge in [0.25, 0.3) is 0 Å². The summed E-state index contributed by atoms with van der Waals surface area (Å²) in [6, 6.07) is 0. The Morgan fingerprint density at radius 3 is 2.54 bits per heavy atom. The molecular formula is C18H26N4O3S. The van der Waals surface area contributed by atoms with Crippen LogP contribution in [0.2, 0.25) is 0 Å². The van der Waals surface area contributed by atoms with E-state index in [1.165, 1.54) is 25.5 Å². The Morgan fingerprint density at radius 2 is 1.96 bits per heavy atom. The van der Waals surface area contributed by atoms with Crippen molar-refractivity contribution in [2.75, 3.05) is 25.9 Å². The fourth-order valence-corrected chi connectivity index (χ4v) is 6.95. The molecule has 1 amide bonds. The highest BCUT2D eigenvalue weighted by Crippen LogP contribution is 2.66. The molecule has 4 aliphatic rings. The van der Waals surface area contributed by atoms with Crippen molar-refractivity contribution in [2.24, 2.45) is 11.3 Å². The number of imidazole rings is 1. The van der Waals surface area contributed by atoms with Crippen LogP contribution >= 0.6 is 0 Å². The van der Waals surface area contributed by atoms with Gasteiger partial charge in [0.05, 0.1) is 23.8 Å². The maximum absolute atomic E-state index is 12.9. The largest absolute Gasteiger partial charge is 0.348 e. The van der Waals surface area contributed by atoms with Crippen LogP contribution in [0.5, 0.6) is 0 Å². The van der Waals surface area contributed by atoms with E-state index in [0.717, 1.165) is 17.8 Å². The van der Waals surface area contributed by atoms with Gasteiger partial charge in [-0.25, -0.2) is 13.4 Å². The molecule has 2 saturated carbocycles. The van der Waals surface area contributed by atoms with Crippen LogP contribution in [0.1, 0.15) is 49.9 Å². The first-order chi connectivity index (χ1) is 12.4. The van der Waals surface area contributed by atoms with Crippen LogP contribution in [0.15, 0.2) is 6.33 Å². The van der Waals surface area contributed by atoms with Crippen molar-refractivity contribution < 1.29 is 13.2 Å².